The summed E-state index contributed by atoms with van der Waals surface area (Å²) in [6, 6.07) is -0.325. The summed E-state index contributed by atoms with van der Waals surface area (Å²) in [5.41, 5.74) is 1.48. The molecular formula is C27H40N2O5S. The standard InChI is InChI=1S/C27H40N2O5S/c1-15-8-10-21(16(2)12-20-14-35-19(5)28-20)29-24(32)13-23(31)27(6,7)26(34)18(4)25(33)17(3)22(30)11-9-15/h8,12,14,17-18,21,23,25,31,33H,9-11,13H2,1-7H3,(H,29,32)/b15-8-,16-12+/t17?,18?,21-,23?,25-/m0/s1. The number of thiazole rings is 1. The van der Waals surface area contributed by atoms with Crippen molar-refractivity contribution in [3.63, 3.8) is 0 Å². The second kappa shape index (κ2) is 12.2. The maximum Gasteiger partial charge on any atom is 0.223 e. The summed E-state index contributed by atoms with van der Waals surface area (Å²) in [5.74, 6) is -2.40. The molecule has 1 aliphatic rings. The minimum absolute atomic E-state index is 0.102. The van der Waals surface area contributed by atoms with E-state index in [0.717, 1.165) is 21.8 Å². The average Bonchev–Trinajstić information content (AvgIpc) is 3.21. The molecule has 194 valence electrons. The Balaban J connectivity index is 2.38. The quantitative estimate of drug-likeness (QED) is 0.524. The highest BCUT2D eigenvalue weighted by molar-refractivity contribution is 7.09. The average molecular weight is 505 g/mol. The molecule has 0 saturated heterocycles. The molecule has 3 N–H and O–H groups in total. The van der Waals surface area contributed by atoms with Gasteiger partial charge in [0.15, 0.2) is 0 Å². The summed E-state index contributed by atoms with van der Waals surface area (Å²) in [6.45, 7) is 12.2. The summed E-state index contributed by atoms with van der Waals surface area (Å²) < 4.78 is 0. The number of rotatable bonds is 2. The molecule has 1 aromatic heterocycles. The molecule has 0 spiro atoms. The lowest BCUT2D eigenvalue weighted by Gasteiger charge is -2.34. The van der Waals surface area contributed by atoms with Gasteiger partial charge in [0.25, 0.3) is 0 Å². The van der Waals surface area contributed by atoms with Crippen LogP contribution >= 0.6 is 11.3 Å². The van der Waals surface area contributed by atoms with Gasteiger partial charge in [0.1, 0.15) is 11.6 Å². The number of Topliss-reactive ketones (excluding diaryl/α,β-unsaturated/α-hetero) is 2. The number of aromatic nitrogens is 1. The molecule has 2 rings (SSSR count). The molecule has 1 amide bonds. The van der Waals surface area contributed by atoms with Gasteiger partial charge in [-0.2, -0.15) is 0 Å². The first-order valence-electron chi connectivity index (χ1n) is 12.2. The number of aryl methyl sites for hydroxylation is 1. The van der Waals surface area contributed by atoms with Gasteiger partial charge < -0.3 is 15.5 Å². The van der Waals surface area contributed by atoms with Crippen LogP contribution in [-0.4, -0.2) is 50.9 Å². The monoisotopic (exact) mass is 504 g/mol. The van der Waals surface area contributed by atoms with E-state index in [1.54, 1.807) is 39.0 Å². The van der Waals surface area contributed by atoms with Crippen molar-refractivity contribution in [3.8, 4) is 0 Å². The fraction of sp³-hybridized carbons (Fsp3) is 0.630. The number of allylic oxidation sites excluding steroid dienone is 1. The van der Waals surface area contributed by atoms with Crippen molar-refractivity contribution in [1.29, 1.82) is 0 Å². The highest BCUT2D eigenvalue weighted by atomic mass is 32.1. The van der Waals surface area contributed by atoms with Gasteiger partial charge in [-0.25, -0.2) is 4.98 Å². The number of aliphatic hydroxyl groups excluding tert-OH is 2. The zero-order valence-electron chi connectivity index (χ0n) is 21.9. The van der Waals surface area contributed by atoms with Crippen LogP contribution < -0.4 is 5.32 Å². The third kappa shape index (κ3) is 7.66. The Hall–Kier alpha value is -2.16. The molecular weight excluding hydrogens is 464 g/mol. The van der Waals surface area contributed by atoms with Crippen molar-refractivity contribution in [2.45, 2.75) is 92.4 Å². The van der Waals surface area contributed by atoms with Crippen molar-refractivity contribution in [2.75, 3.05) is 0 Å². The van der Waals surface area contributed by atoms with Crippen LogP contribution in [0.2, 0.25) is 0 Å². The third-order valence-corrected chi connectivity index (χ3v) is 7.95. The molecule has 35 heavy (non-hydrogen) atoms. The van der Waals surface area contributed by atoms with Gasteiger partial charge in [0.2, 0.25) is 5.91 Å². The van der Waals surface area contributed by atoms with Crippen LogP contribution in [0, 0.1) is 24.2 Å². The Morgan fingerprint density at radius 2 is 1.80 bits per heavy atom. The van der Waals surface area contributed by atoms with E-state index in [-0.39, 0.29) is 36.4 Å². The molecule has 0 bridgehead atoms. The third-order valence-electron chi connectivity index (χ3n) is 7.16. The molecule has 0 aliphatic carbocycles. The van der Waals surface area contributed by atoms with E-state index < -0.39 is 29.5 Å². The van der Waals surface area contributed by atoms with Gasteiger partial charge in [-0.05, 0) is 45.3 Å². The number of aliphatic hydroxyl groups is 2. The predicted octanol–water partition coefficient (Wildman–Crippen LogP) is 4.02. The lowest BCUT2D eigenvalue weighted by molar-refractivity contribution is -0.144. The van der Waals surface area contributed by atoms with Crippen LogP contribution in [0.25, 0.3) is 6.08 Å². The zero-order chi connectivity index (χ0) is 26.5. The van der Waals surface area contributed by atoms with E-state index >= 15 is 0 Å². The number of hydrogen-bond donors (Lipinski definition) is 3. The summed E-state index contributed by atoms with van der Waals surface area (Å²) >= 11 is 1.55. The normalized spacial score (nSPS) is 31.6. The van der Waals surface area contributed by atoms with Crippen molar-refractivity contribution in [3.05, 3.63) is 33.3 Å². The molecule has 0 aromatic carbocycles. The van der Waals surface area contributed by atoms with E-state index in [1.165, 1.54) is 0 Å². The maximum atomic E-state index is 13.2. The van der Waals surface area contributed by atoms with E-state index in [9.17, 15) is 24.6 Å². The molecule has 0 radical (unpaired) electrons. The Bertz CT molecular complexity index is 993. The van der Waals surface area contributed by atoms with Gasteiger partial charge in [-0.15, -0.1) is 11.3 Å². The van der Waals surface area contributed by atoms with E-state index in [0.29, 0.717) is 12.8 Å². The van der Waals surface area contributed by atoms with Crippen molar-refractivity contribution < 1.29 is 24.6 Å². The Kier molecular flexibility index (Phi) is 10.1. The van der Waals surface area contributed by atoms with Crippen LogP contribution in [-0.2, 0) is 14.4 Å². The minimum atomic E-state index is -1.27. The molecule has 7 nitrogen and oxygen atoms in total. The highest BCUT2D eigenvalue weighted by Crippen LogP contribution is 2.31. The van der Waals surface area contributed by atoms with Crippen LogP contribution in [0.4, 0.5) is 0 Å². The first kappa shape index (κ1) is 29.1. The fourth-order valence-corrected chi connectivity index (χ4v) is 4.89. The molecule has 0 fully saturated rings. The van der Waals surface area contributed by atoms with E-state index in [2.05, 4.69) is 10.3 Å². The number of nitrogens with zero attached hydrogens (tertiary/aromatic N) is 1. The van der Waals surface area contributed by atoms with Gasteiger partial charge in [0.05, 0.1) is 40.8 Å². The largest absolute Gasteiger partial charge is 0.392 e. The number of carbonyl (C=O) groups excluding carboxylic acids is 3. The highest BCUT2D eigenvalue weighted by Gasteiger charge is 2.42. The molecule has 8 heteroatoms. The zero-order valence-corrected chi connectivity index (χ0v) is 22.7. The van der Waals surface area contributed by atoms with Crippen molar-refractivity contribution in [2.24, 2.45) is 17.3 Å². The SMILES string of the molecule is C/C1=C/C[C@@H](/C(C)=C/c2csc(C)n2)NC(=O)CC(O)C(C)(C)C(=O)C(C)[C@@H](O)C(C)C(=O)CC1. The molecule has 3 unspecified atom stereocenters. The van der Waals surface area contributed by atoms with Gasteiger partial charge in [0, 0.05) is 23.6 Å². The van der Waals surface area contributed by atoms with Gasteiger partial charge in [-0.3, -0.25) is 14.4 Å². The maximum absolute atomic E-state index is 13.2. The molecule has 1 aromatic rings. The Morgan fingerprint density at radius 3 is 2.40 bits per heavy atom. The van der Waals surface area contributed by atoms with Crippen molar-refractivity contribution >= 4 is 34.9 Å². The second-order valence-corrected chi connectivity index (χ2v) is 11.5. The fourth-order valence-electron chi connectivity index (χ4n) is 4.32. The van der Waals surface area contributed by atoms with Crippen LogP contribution in [0.3, 0.4) is 0 Å². The number of amides is 1. The summed E-state index contributed by atoms with van der Waals surface area (Å²) in [4.78, 5) is 43.3. The van der Waals surface area contributed by atoms with Crippen LogP contribution in [0.15, 0.2) is 22.6 Å². The number of hydrogen-bond acceptors (Lipinski definition) is 7. The first-order valence-corrected chi connectivity index (χ1v) is 13.1. The summed E-state index contributed by atoms with van der Waals surface area (Å²) in [7, 11) is 0. The van der Waals surface area contributed by atoms with E-state index in [1.807, 2.05) is 38.3 Å². The first-order chi connectivity index (χ1) is 16.2. The second-order valence-electron chi connectivity index (χ2n) is 10.4. The number of ketones is 2. The van der Waals surface area contributed by atoms with Crippen LogP contribution in [0.5, 0.6) is 0 Å². The predicted molar refractivity (Wildman–Crippen MR) is 139 cm³/mol. The Morgan fingerprint density at radius 1 is 1.14 bits per heavy atom. The van der Waals surface area contributed by atoms with Gasteiger partial charge in [-0.1, -0.05) is 39.3 Å². The lowest BCUT2D eigenvalue weighted by atomic mass is 9.72. The van der Waals surface area contributed by atoms with Gasteiger partial charge >= 0.3 is 0 Å². The van der Waals surface area contributed by atoms with E-state index in [4.69, 9.17) is 0 Å². The van der Waals surface area contributed by atoms with Crippen LogP contribution in [0.1, 0.15) is 77.9 Å². The smallest absolute Gasteiger partial charge is 0.223 e. The number of carbonyl (C=O) groups is 3. The molecule has 1 aliphatic heterocycles. The molecule has 5 atom stereocenters. The Labute approximate surface area is 212 Å². The molecule has 0 saturated carbocycles. The summed E-state index contributed by atoms with van der Waals surface area (Å²) in [5, 5.41) is 27.5. The summed E-state index contributed by atoms with van der Waals surface area (Å²) in [6.07, 6.45) is 2.62. The molecule has 2 heterocycles. The lowest BCUT2D eigenvalue weighted by Crippen LogP contribution is -2.47. The number of nitrogens with one attached hydrogen (secondary N) is 1. The minimum Gasteiger partial charge on any atom is -0.392 e. The van der Waals surface area contributed by atoms with Crippen molar-refractivity contribution in [1.82, 2.24) is 10.3 Å². The topological polar surface area (TPSA) is 117 Å².